The van der Waals surface area contributed by atoms with Crippen LogP contribution in [-0.2, 0) is 125 Å². The zero-order valence-electron chi connectivity index (χ0n) is 68.8. The maximum atomic E-state index is 15.0. The molecular weight excluding hydrogens is 1680 g/mol. The second-order valence-electron chi connectivity index (χ2n) is 30.2. The number of rotatable bonds is 56. The number of amides is 14. The van der Waals surface area contributed by atoms with E-state index in [1.165, 1.54) is 42.6 Å². The van der Waals surface area contributed by atoms with E-state index in [4.69, 9.17) is 11.5 Å². The Labute approximate surface area is 722 Å². The molecule has 3 aromatic carbocycles. The highest BCUT2D eigenvalue weighted by Gasteiger charge is 2.42. The summed E-state index contributed by atoms with van der Waals surface area (Å²) in [6.45, 7) is 1.83. The Morgan fingerprint density at radius 2 is 0.803 bits per heavy atom. The SMILES string of the molecule is CC(C)C[C@H](NC(=O)[C@H](Cc1c[nH]c2ccccc12)NC(=O)[C@H](CCC(=O)O)NC(=O)[C@H](Cc1ccccc1)NC(=O)[C@H](Cc1ccc(O)cc1)NC(=O)[C@H](CC(=O)O)NC(=O)CNC(=O)[C@H](CCC(=O)O)NC(=O)[C@@H]1CCCN1C(=O)[C@H](CCC(=O)O)NC(=O)[C@H](CC(=O)O)NC(=O)[C@H](CCC(=O)O)NC(=O)[C@@H](N)CCC(N)=O)C(=O)N[C@@H](CCC(=O)O)C(=O)O. The highest BCUT2D eigenvalue weighted by atomic mass is 16.4. The lowest BCUT2D eigenvalue weighted by Gasteiger charge is -2.30. The molecule has 1 fully saturated rings. The Morgan fingerprint density at radius 1 is 0.409 bits per heavy atom. The van der Waals surface area contributed by atoms with Crippen molar-refractivity contribution in [3.05, 3.63) is 102 Å². The fourth-order valence-electron chi connectivity index (χ4n) is 13.2. The molecule has 0 unspecified atom stereocenters. The normalized spacial score (nSPS) is 15.1. The molecule has 5 rings (SSSR count). The van der Waals surface area contributed by atoms with Crippen molar-refractivity contribution in [2.45, 2.75) is 221 Å². The highest BCUT2D eigenvalue weighted by Crippen LogP contribution is 2.24. The minimum Gasteiger partial charge on any atom is -0.508 e. The second kappa shape index (κ2) is 50.8. The van der Waals surface area contributed by atoms with Crippen LogP contribution in [0.25, 0.3) is 10.9 Å². The molecule has 47 heteroatoms. The lowest BCUT2D eigenvalue weighted by Crippen LogP contribution is -2.61. The molecule has 0 aliphatic carbocycles. The average Bonchev–Trinajstić information content (AvgIpc) is 1.70. The molecule has 2 heterocycles. The maximum Gasteiger partial charge on any atom is 0.326 e. The molecule has 0 saturated carbocycles. The number of carbonyl (C=O) groups is 22. The minimum absolute atomic E-state index is 0.00124. The summed E-state index contributed by atoms with van der Waals surface area (Å²) in [5.41, 5.74) is 12.4. The van der Waals surface area contributed by atoms with E-state index in [1.54, 1.807) is 56.3 Å². The Morgan fingerprint density at radius 3 is 1.29 bits per heavy atom. The molecule has 690 valence electrons. The topological polar surface area (TPSA) is 773 Å². The smallest absolute Gasteiger partial charge is 0.326 e. The van der Waals surface area contributed by atoms with E-state index in [9.17, 15) is 151 Å². The predicted octanol–water partition coefficient (Wildman–Crippen LogP) is -4.66. The minimum atomic E-state index is -2.16. The number of aromatic nitrogens is 1. The third-order valence-electron chi connectivity index (χ3n) is 19.7. The van der Waals surface area contributed by atoms with Gasteiger partial charge in [0.2, 0.25) is 82.7 Å². The molecule has 0 bridgehead atoms. The summed E-state index contributed by atoms with van der Waals surface area (Å²) in [7, 11) is 0. The van der Waals surface area contributed by atoms with Crippen molar-refractivity contribution >= 4 is 141 Å². The largest absolute Gasteiger partial charge is 0.508 e. The summed E-state index contributed by atoms with van der Waals surface area (Å²) in [4.78, 5) is 296. The van der Waals surface area contributed by atoms with E-state index in [1.807, 2.05) is 5.32 Å². The second-order valence-corrected chi connectivity index (χ2v) is 30.2. The molecule has 1 aliphatic rings. The first-order valence-electron chi connectivity index (χ1n) is 40.0. The number of primary amides is 1. The molecule has 14 amide bonds. The number of nitrogens with zero attached hydrogens (tertiary/aromatic N) is 1. The van der Waals surface area contributed by atoms with E-state index in [0.29, 0.717) is 22.0 Å². The number of aliphatic carboxylic acids is 8. The number of aromatic hydroxyl groups is 1. The summed E-state index contributed by atoms with van der Waals surface area (Å²) in [5, 5.41) is 116. The number of nitrogens with one attached hydrogen (secondary N) is 13. The van der Waals surface area contributed by atoms with Gasteiger partial charge in [-0.1, -0.05) is 74.5 Å². The van der Waals surface area contributed by atoms with Gasteiger partial charge in [0.05, 0.1) is 25.4 Å². The molecular formula is C80H104N16O31. The molecule has 1 aromatic heterocycles. The van der Waals surface area contributed by atoms with Crippen LogP contribution in [-0.4, -0.2) is 278 Å². The summed E-state index contributed by atoms with van der Waals surface area (Å²) >= 11 is 0. The van der Waals surface area contributed by atoms with Crippen molar-refractivity contribution in [3.8, 4) is 5.75 Å². The van der Waals surface area contributed by atoms with Gasteiger partial charge < -0.3 is 131 Å². The number of H-pyrrole nitrogens is 1. The number of carboxylic acid groups (broad SMARTS) is 8. The number of benzene rings is 3. The number of phenols is 1. The van der Waals surface area contributed by atoms with Crippen LogP contribution in [0.15, 0.2) is 85.1 Å². The van der Waals surface area contributed by atoms with Gasteiger partial charge in [-0.05, 0) is 98.6 Å². The van der Waals surface area contributed by atoms with Crippen LogP contribution < -0.4 is 75.3 Å². The first-order valence-corrected chi connectivity index (χ1v) is 40.0. The summed E-state index contributed by atoms with van der Waals surface area (Å²) in [6.07, 6.45) is -10.8. The lowest BCUT2D eigenvalue weighted by molar-refractivity contribution is -0.145. The van der Waals surface area contributed by atoms with Crippen molar-refractivity contribution in [2.75, 3.05) is 13.1 Å². The quantitative estimate of drug-likeness (QED) is 0.0198. The number of phenolic OH excluding ortho intramolecular Hbond substituents is 1. The number of hydrogen-bond donors (Lipinski definition) is 24. The zero-order chi connectivity index (χ0) is 94.5. The van der Waals surface area contributed by atoms with Gasteiger partial charge in [-0.2, -0.15) is 0 Å². The van der Waals surface area contributed by atoms with Crippen molar-refractivity contribution in [3.63, 3.8) is 0 Å². The predicted molar refractivity (Wildman–Crippen MR) is 435 cm³/mol. The van der Waals surface area contributed by atoms with Gasteiger partial charge in [-0.25, -0.2) is 4.79 Å². The fraction of sp³-hybridized carbons (Fsp3) is 0.475. The van der Waals surface area contributed by atoms with E-state index < -0.39 is 305 Å². The standard InChI is InChI=1S/C80H104N16O31/c1-39(2)31-52(72(118)90-51(80(126)127)23-29-65(108)109)91-75(121)55(34-42-37-83-46-12-7-6-11-44(42)46)94-71(117)49(21-27-63(104)105)87-73(119)53(32-40-9-4-3-5-10-40)92-74(120)54(33-41-14-16-43(97)17-15-41)93-76(122)56(35-66(110)111)85-60(99)38-84-69(115)47(19-25-61(100)101)88-78(124)58-13-8-30-96(58)79(125)50(22-28-64(106)107)89-77(123)57(36-67(112)113)95-70(116)48(20-26-62(102)103)86-68(114)45(81)18-24-59(82)98/h3-7,9-12,14-17,37,39,45,47-58,83,97H,8,13,18-36,38,81H2,1-2H3,(H2,82,98)(H,84,115)(H,85,99)(H,86,114)(H,87,119)(H,88,124)(H,89,123)(H,90,118)(H,91,121)(H,92,120)(H,93,122)(H,94,117)(H,95,116)(H,100,101)(H,102,103)(H,104,105)(H,106,107)(H,108,109)(H,110,111)(H,112,113)(H,126,127)/t45-,47-,48-,49-,50-,51-,52-,53-,54-,55-,56-,57-,58-/m0/s1. The van der Waals surface area contributed by atoms with Gasteiger partial charge in [0.15, 0.2) is 0 Å². The molecule has 47 nitrogen and oxygen atoms in total. The van der Waals surface area contributed by atoms with E-state index >= 15 is 0 Å². The van der Waals surface area contributed by atoms with Crippen LogP contribution in [0.5, 0.6) is 5.75 Å². The monoisotopic (exact) mass is 1780 g/mol. The van der Waals surface area contributed by atoms with Gasteiger partial charge in [0, 0.05) is 81.4 Å². The maximum absolute atomic E-state index is 15.0. The Balaban J connectivity index is 1.39. The van der Waals surface area contributed by atoms with Gasteiger partial charge in [0.25, 0.3) is 0 Å². The van der Waals surface area contributed by atoms with Gasteiger partial charge in [0.1, 0.15) is 78.3 Å². The number of carboxylic acids is 8. The van der Waals surface area contributed by atoms with Crippen molar-refractivity contribution in [1.82, 2.24) is 73.7 Å². The number of carbonyl (C=O) groups excluding carboxylic acids is 14. The lowest BCUT2D eigenvalue weighted by atomic mass is 9.99. The van der Waals surface area contributed by atoms with Crippen molar-refractivity contribution in [1.29, 1.82) is 0 Å². The van der Waals surface area contributed by atoms with Crippen LogP contribution in [0.4, 0.5) is 0 Å². The van der Waals surface area contributed by atoms with Gasteiger partial charge >= 0.3 is 47.8 Å². The zero-order valence-corrected chi connectivity index (χ0v) is 68.8. The van der Waals surface area contributed by atoms with Gasteiger partial charge in [-0.3, -0.25) is 101 Å². The van der Waals surface area contributed by atoms with Gasteiger partial charge in [-0.15, -0.1) is 0 Å². The third kappa shape index (κ3) is 36.0. The van der Waals surface area contributed by atoms with E-state index in [2.05, 4.69) is 63.5 Å². The number of aromatic amines is 1. The Bertz CT molecular complexity index is 4680. The number of nitrogens with two attached hydrogens (primary N) is 2. The molecule has 13 atom stereocenters. The van der Waals surface area contributed by atoms with Crippen LogP contribution >= 0.6 is 0 Å². The number of para-hydroxylation sites is 1. The molecule has 26 N–H and O–H groups in total. The molecule has 4 aromatic rings. The van der Waals surface area contributed by atoms with Crippen LogP contribution in [0.2, 0.25) is 0 Å². The molecule has 0 radical (unpaired) electrons. The Kier molecular flexibility index (Phi) is 41.1. The number of fused-ring (bicyclic) bond motifs is 1. The third-order valence-corrected chi connectivity index (χ3v) is 19.7. The van der Waals surface area contributed by atoms with Crippen molar-refractivity contribution in [2.24, 2.45) is 17.4 Å². The molecule has 1 saturated heterocycles. The van der Waals surface area contributed by atoms with Crippen LogP contribution in [0.1, 0.15) is 140 Å². The van der Waals surface area contributed by atoms with Crippen molar-refractivity contribution < 1.29 is 151 Å². The van der Waals surface area contributed by atoms with E-state index in [0.717, 1.165) is 4.90 Å². The molecule has 127 heavy (non-hydrogen) atoms. The summed E-state index contributed by atoms with van der Waals surface area (Å²) < 4.78 is 0. The molecule has 0 spiro atoms. The van der Waals surface area contributed by atoms with Crippen LogP contribution in [0.3, 0.4) is 0 Å². The summed E-state index contributed by atoms with van der Waals surface area (Å²) in [5.74, 6) is -30.0. The highest BCUT2D eigenvalue weighted by molar-refractivity contribution is 6.02. The number of hydrogen-bond acceptors (Lipinski definition) is 24. The fourth-order valence-corrected chi connectivity index (χ4v) is 13.2. The summed E-state index contributed by atoms with van der Waals surface area (Å²) in [6, 6.07) is -4.13. The first-order chi connectivity index (χ1) is 59.9. The molecule has 1 aliphatic heterocycles. The number of likely N-dealkylation sites (tertiary alicyclic amines) is 1. The Hall–Kier alpha value is -14.7. The first kappa shape index (κ1) is 103. The van der Waals surface area contributed by atoms with Crippen LogP contribution in [0, 0.1) is 5.92 Å². The average molecular weight is 1790 g/mol. The van der Waals surface area contributed by atoms with E-state index in [-0.39, 0.29) is 62.3 Å².